The van der Waals surface area contributed by atoms with Crippen LogP contribution in [0.2, 0.25) is 0 Å². The van der Waals surface area contributed by atoms with Crippen LogP contribution >= 0.6 is 0 Å². The van der Waals surface area contributed by atoms with Crippen molar-refractivity contribution >= 4 is 5.69 Å². The Morgan fingerprint density at radius 1 is 0.756 bits per heavy atom. The van der Waals surface area contributed by atoms with Crippen molar-refractivity contribution in [2.75, 3.05) is 19.0 Å². The van der Waals surface area contributed by atoms with Gasteiger partial charge in [-0.25, -0.2) is 0 Å². The maximum atomic E-state index is 6.18. The number of anilines is 1. The van der Waals surface area contributed by atoms with Gasteiger partial charge in [-0.3, -0.25) is 4.98 Å². The van der Waals surface area contributed by atoms with E-state index in [9.17, 15) is 0 Å². The molecule has 3 aromatic carbocycles. The van der Waals surface area contributed by atoms with E-state index in [2.05, 4.69) is 77.8 Å². The molecular formula is C35H25N3O2Pt. The first-order valence-corrected chi connectivity index (χ1v) is 13.1. The predicted octanol–water partition coefficient (Wildman–Crippen LogP) is 7.56. The second-order valence-electron chi connectivity index (χ2n) is 9.94. The Balaban J connectivity index is 0.00000302. The van der Waals surface area contributed by atoms with Gasteiger partial charge in [-0.05, 0) is 52.4 Å². The van der Waals surface area contributed by atoms with Crippen molar-refractivity contribution < 1.29 is 30.2 Å². The van der Waals surface area contributed by atoms with Crippen LogP contribution in [0.1, 0.15) is 22.4 Å². The predicted molar refractivity (Wildman–Crippen MR) is 156 cm³/mol. The van der Waals surface area contributed by atoms with Gasteiger partial charge in [-0.1, -0.05) is 66.7 Å². The Hall–Kier alpha value is -4.47. The fourth-order valence-corrected chi connectivity index (χ4v) is 5.65. The van der Waals surface area contributed by atoms with Gasteiger partial charge in [-0.2, -0.15) is 12.1 Å². The SMILES string of the molecule is CN(C)c1ccnc(-c2[c-]c(Oc3[c-]c(C4(c5ccccn5)c5ccccc5-c5ccccc54)ccc3)oc2)c1.[Pt+2]. The van der Waals surface area contributed by atoms with E-state index < -0.39 is 5.41 Å². The van der Waals surface area contributed by atoms with Gasteiger partial charge >= 0.3 is 21.1 Å². The van der Waals surface area contributed by atoms with Crippen LogP contribution in [0.25, 0.3) is 22.4 Å². The molecule has 0 unspecified atom stereocenters. The van der Waals surface area contributed by atoms with Gasteiger partial charge in [0.2, 0.25) is 5.95 Å². The zero-order valence-corrected chi connectivity index (χ0v) is 24.7. The van der Waals surface area contributed by atoms with Gasteiger partial charge in [-0.15, -0.1) is 23.3 Å². The normalized spacial score (nSPS) is 12.6. The summed E-state index contributed by atoms with van der Waals surface area (Å²) in [5.41, 5.74) is 8.47. The number of nitrogens with zero attached hydrogens (tertiary/aromatic N) is 3. The molecule has 0 bridgehead atoms. The van der Waals surface area contributed by atoms with E-state index in [1.165, 1.54) is 22.3 Å². The minimum absolute atomic E-state index is 0. The largest absolute Gasteiger partial charge is 2.00 e. The van der Waals surface area contributed by atoms with Crippen molar-refractivity contribution in [1.29, 1.82) is 0 Å². The summed E-state index contributed by atoms with van der Waals surface area (Å²) in [4.78, 5) is 11.4. The van der Waals surface area contributed by atoms with Gasteiger partial charge in [0, 0.05) is 37.9 Å². The van der Waals surface area contributed by atoms with E-state index in [1.54, 1.807) is 12.5 Å². The first kappa shape index (κ1) is 26.7. The zero-order valence-electron chi connectivity index (χ0n) is 22.4. The van der Waals surface area contributed by atoms with Crippen LogP contribution in [-0.4, -0.2) is 24.1 Å². The number of fused-ring (bicyclic) bond motifs is 3. The Morgan fingerprint density at radius 3 is 2.20 bits per heavy atom. The fraction of sp³-hybridized carbons (Fsp3) is 0.0857. The summed E-state index contributed by atoms with van der Waals surface area (Å²) in [5, 5.41) is 0. The molecule has 0 atom stereocenters. The Kier molecular flexibility index (Phi) is 7.06. The summed E-state index contributed by atoms with van der Waals surface area (Å²) in [6.07, 6.45) is 5.23. The van der Waals surface area contributed by atoms with Crippen LogP contribution in [0.3, 0.4) is 0 Å². The molecule has 1 aliphatic carbocycles. The zero-order chi connectivity index (χ0) is 27.1. The maximum Gasteiger partial charge on any atom is 2.00 e. The van der Waals surface area contributed by atoms with Crippen LogP contribution in [0.4, 0.5) is 5.69 Å². The van der Waals surface area contributed by atoms with Crippen LogP contribution in [0.5, 0.6) is 11.7 Å². The van der Waals surface area contributed by atoms with Crippen molar-refractivity contribution in [2.24, 2.45) is 0 Å². The van der Waals surface area contributed by atoms with E-state index >= 15 is 0 Å². The van der Waals surface area contributed by atoms with Gasteiger partial charge in [0.1, 0.15) is 0 Å². The van der Waals surface area contributed by atoms with Crippen molar-refractivity contribution in [3.63, 3.8) is 0 Å². The average molecular weight is 715 g/mol. The minimum Gasteiger partial charge on any atom is -0.507 e. The van der Waals surface area contributed by atoms with Crippen molar-refractivity contribution in [3.05, 3.63) is 150 Å². The molecule has 0 radical (unpaired) electrons. The van der Waals surface area contributed by atoms with Crippen molar-refractivity contribution in [1.82, 2.24) is 9.97 Å². The van der Waals surface area contributed by atoms with Gasteiger partial charge in [0.25, 0.3) is 0 Å². The molecule has 5 nitrogen and oxygen atoms in total. The molecule has 6 heteroatoms. The number of hydrogen-bond donors (Lipinski definition) is 0. The van der Waals surface area contributed by atoms with Crippen molar-refractivity contribution in [3.8, 4) is 34.1 Å². The second kappa shape index (κ2) is 10.8. The molecule has 0 aliphatic heterocycles. The average Bonchev–Trinajstić information content (AvgIpc) is 3.59. The summed E-state index contributed by atoms with van der Waals surface area (Å²) in [5.74, 6) is 0.779. The number of ether oxygens (including phenoxy) is 1. The van der Waals surface area contributed by atoms with E-state index in [1.807, 2.05) is 61.6 Å². The molecule has 7 rings (SSSR count). The van der Waals surface area contributed by atoms with Crippen LogP contribution < -0.4 is 9.64 Å². The summed E-state index contributed by atoms with van der Waals surface area (Å²) < 4.78 is 11.9. The maximum absolute atomic E-state index is 6.18. The summed E-state index contributed by atoms with van der Waals surface area (Å²) >= 11 is 0. The van der Waals surface area contributed by atoms with Crippen molar-refractivity contribution in [2.45, 2.75) is 5.41 Å². The molecule has 1 aliphatic rings. The first-order chi connectivity index (χ1) is 19.6. The standard InChI is InChI=1S/C35H25N3O2.Pt/c1-38(2)26-17-19-36-32(22-26)24-20-34(39-23-24)40-27-11-9-10-25(21-27)35(33-16-7-8-18-37-33)30-14-5-3-12-28(30)29-13-4-6-15-31(29)35;/h3-19,22-23H,1-2H3;/q-2;+2. The molecular weight excluding hydrogens is 689 g/mol. The van der Waals surface area contributed by atoms with Crippen LogP contribution in [-0.2, 0) is 26.5 Å². The van der Waals surface area contributed by atoms with Crippen LogP contribution in [0.15, 0.2) is 120 Å². The van der Waals surface area contributed by atoms with Gasteiger partial charge in [0.15, 0.2) is 0 Å². The third-order valence-electron chi connectivity index (χ3n) is 7.43. The molecule has 202 valence electrons. The molecule has 0 fully saturated rings. The molecule has 0 saturated carbocycles. The Bertz CT molecular complexity index is 1790. The molecule has 6 aromatic rings. The van der Waals surface area contributed by atoms with E-state index in [0.717, 1.165) is 28.2 Å². The Morgan fingerprint density at radius 2 is 1.49 bits per heavy atom. The minimum atomic E-state index is -0.650. The monoisotopic (exact) mass is 714 g/mol. The third-order valence-corrected chi connectivity index (χ3v) is 7.43. The smallest absolute Gasteiger partial charge is 0.507 e. The quantitative estimate of drug-likeness (QED) is 0.167. The molecule has 3 aromatic heterocycles. The molecule has 0 N–H and O–H groups in total. The number of benzene rings is 3. The topological polar surface area (TPSA) is 51.4 Å². The Labute approximate surface area is 253 Å². The number of pyridine rings is 2. The first-order valence-electron chi connectivity index (χ1n) is 13.1. The molecule has 0 saturated heterocycles. The molecule has 0 amide bonds. The summed E-state index contributed by atoms with van der Waals surface area (Å²) in [6.45, 7) is 0. The second-order valence-corrected chi connectivity index (χ2v) is 9.94. The summed E-state index contributed by atoms with van der Waals surface area (Å²) in [7, 11) is 3.99. The van der Waals surface area contributed by atoms with Gasteiger partial charge in [0.05, 0.1) is 11.1 Å². The molecule has 0 spiro atoms. The van der Waals surface area contributed by atoms with E-state index in [0.29, 0.717) is 5.75 Å². The van der Waals surface area contributed by atoms with Crippen LogP contribution in [0, 0.1) is 12.1 Å². The third kappa shape index (κ3) is 4.47. The van der Waals surface area contributed by atoms with E-state index in [-0.39, 0.29) is 27.0 Å². The number of furan rings is 1. The summed E-state index contributed by atoms with van der Waals surface area (Å²) in [6, 6.07) is 39.8. The van der Waals surface area contributed by atoms with E-state index in [4.69, 9.17) is 14.1 Å². The van der Waals surface area contributed by atoms with Gasteiger partial charge < -0.3 is 19.0 Å². The molecule has 41 heavy (non-hydrogen) atoms. The number of aromatic nitrogens is 2. The fourth-order valence-electron chi connectivity index (χ4n) is 5.65. The molecule has 3 heterocycles. The number of hydrogen-bond acceptors (Lipinski definition) is 5. The number of rotatable bonds is 6.